The molecule has 1 aliphatic rings. The maximum Gasteiger partial charge on any atom is 0.254 e. The van der Waals surface area contributed by atoms with Crippen LogP contribution in [0.15, 0.2) is 36.4 Å². The minimum atomic E-state index is 0.130. The van der Waals surface area contributed by atoms with Crippen LogP contribution in [-0.4, -0.2) is 41.9 Å². The van der Waals surface area contributed by atoms with Gasteiger partial charge in [0.2, 0.25) is 0 Å². The van der Waals surface area contributed by atoms with E-state index in [1.165, 1.54) is 18.4 Å². The Morgan fingerprint density at radius 3 is 2.14 bits per heavy atom. The van der Waals surface area contributed by atoms with Crippen molar-refractivity contribution >= 4 is 5.91 Å². The maximum absolute atomic E-state index is 12.3. The fourth-order valence-corrected chi connectivity index (χ4v) is 2.74. The summed E-state index contributed by atoms with van der Waals surface area (Å²) in [5, 5.41) is 0. The highest BCUT2D eigenvalue weighted by Gasteiger charge is 2.16. The summed E-state index contributed by atoms with van der Waals surface area (Å²) in [6.07, 6.45) is 6.44. The number of hydrogen-bond acceptors (Lipinski definition) is 2. The molecule has 0 radical (unpaired) electrons. The van der Waals surface area contributed by atoms with Crippen molar-refractivity contribution in [3.8, 4) is 0 Å². The number of hydrogen-bond donors (Lipinski definition) is 0. The SMILES string of the molecule is CCCN(CCC)Cc1ccc(C(=O)N2CC=CC2)cc1. The van der Waals surface area contributed by atoms with E-state index in [4.69, 9.17) is 0 Å². The first-order valence-corrected chi connectivity index (χ1v) is 8.00. The third-order valence-electron chi connectivity index (χ3n) is 3.79. The zero-order chi connectivity index (χ0) is 15.1. The van der Waals surface area contributed by atoms with Gasteiger partial charge in [-0.1, -0.05) is 38.1 Å². The van der Waals surface area contributed by atoms with E-state index < -0.39 is 0 Å². The van der Waals surface area contributed by atoms with E-state index in [-0.39, 0.29) is 5.91 Å². The largest absolute Gasteiger partial charge is 0.331 e. The molecule has 3 heteroatoms. The van der Waals surface area contributed by atoms with Gasteiger partial charge in [0.15, 0.2) is 0 Å². The van der Waals surface area contributed by atoms with E-state index in [1.807, 2.05) is 29.2 Å². The standard InChI is InChI=1S/C18H26N2O/c1-3-11-19(12-4-2)15-16-7-9-17(10-8-16)18(21)20-13-5-6-14-20/h5-10H,3-4,11-15H2,1-2H3. The Morgan fingerprint density at radius 2 is 1.62 bits per heavy atom. The molecular weight excluding hydrogens is 260 g/mol. The summed E-state index contributed by atoms with van der Waals surface area (Å²) >= 11 is 0. The highest BCUT2D eigenvalue weighted by atomic mass is 16.2. The Balaban J connectivity index is 1.96. The molecule has 0 bridgehead atoms. The minimum Gasteiger partial charge on any atom is -0.331 e. The molecule has 1 aromatic rings. The topological polar surface area (TPSA) is 23.6 Å². The van der Waals surface area contributed by atoms with E-state index >= 15 is 0 Å². The summed E-state index contributed by atoms with van der Waals surface area (Å²) in [4.78, 5) is 16.6. The fraction of sp³-hybridized carbons (Fsp3) is 0.500. The monoisotopic (exact) mass is 286 g/mol. The van der Waals surface area contributed by atoms with E-state index in [1.54, 1.807) is 0 Å². The third-order valence-corrected chi connectivity index (χ3v) is 3.79. The molecule has 0 fully saturated rings. The number of rotatable bonds is 7. The predicted molar refractivity (Wildman–Crippen MR) is 87.3 cm³/mol. The second-order valence-corrected chi connectivity index (χ2v) is 5.65. The van der Waals surface area contributed by atoms with Crippen LogP contribution < -0.4 is 0 Å². The van der Waals surface area contributed by atoms with Crippen LogP contribution in [0.3, 0.4) is 0 Å². The first kappa shape index (κ1) is 15.8. The third kappa shape index (κ3) is 4.43. The quantitative estimate of drug-likeness (QED) is 0.718. The molecule has 1 aromatic carbocycles. The summed E-state index contributed by atoms with van der Waals surface area (Å²) in [7, 11) is 0. The average molecular weight is 286 g/mol. The molecule has 0 aromatic heterocycles. The summed E-state index contributed by atoms with van der Waals surface area (Å²) in [6.45, 7) is 9.15. The van der Waals surface area contributed by atoms with E-state index in [0.717, 1.165) is 38.3 Å². The number of nitrogens with zero attached hydrogens (tertiary/aromatic N) is 2. The molecule has 0 atom stereocenters. The highest BCUT2D eigenvalue weighted by molar-refractivity contribution is 5.94. The van der Waals surface area contributed by atoms with Gasteiger partial charge in [-0.2, -0.15) is 0 Å². The molecule has 114 valence electrons. The molecule has 0 aliphatic carbocycles. The van der Waals surface area contributed by atoms with Gasteiger partial charge in [-0.25, -0.2) is 0 Å². The Kier molecular flexibility index (Phi) is 6.00. The van der Waals surface area contributed by atoms with Gasteiger partial charge in [0.1, 0.15) is 0 Å². The maximum atomic E-state index is 12.3. The molecule has 0 spiro atoms. The van der Waals surface area contributed by atoms with Crippen LogP contribution in [0.5, 0.6) is 0 Å². The van der Waals surface area contributed by atoms with E-state index in [9.17, 15) is 4.79 Å². The lowest BCUT2D eigenvalue weighted by atomic mass is 10.1. The lowest BCUT2D eigenvalue weighted by Crippen LogP contribution is -2.28. The van der Waals surface area contributed by atoms with Crippen molar-refractivity contribution in [1.29, 1.82) is 0 Å². The van der Waals surface area contributed by atoms with Crippen molar-refractivity contribution < 1.29 is 4.79 Å². The van der Waals surface area contributed by atoms with E-state index in [0.29, 0.717) is 0 Å². The van der Waals surface area contributed by atoms with Crippen molar-refractivity contribution in [2.75, 3.05) is 26.2 Å². The first-order chi connectivity index (χ1) is 10.2. The zero-order valence-electron chi connectivity index (χ0n) is 13.2. The summed E-state index contributed by atoms with van der Waals surface area (Å²) in [5.41, 5.74) is 2.08. The van der Waals surface area contributed by atoms with Crippen LogP contribution in [0.1, 0.15) is 42.6 Å². The molecule has 0 unspecified atom stereocenters. The molecule has 21 heavy (non-hydrogen) atoms. The lowest BCUT2D eigenvalue weighted by Gasteiger charge is -2.21. The second kappa shape index (κ2) is 7.99. The van der Waals surface area contributed by atoms with Crippen LogP contribution in [0.2, 0.25) is 0 Å². The van der Waals surface area contributed by atoms with Gasteiger partial charge in [-0.15, -0.1) is 0 Å². The molecule has 0 saturated carbocycles. The molecule has 1 amide bonds. The fourth-order valence-electron chi connectivity index (χ4n) is 2.74. The van der Waals surface area contributed by atoms with Crippen LogP contribution in [0.25, 0.3) is 0 Å². The lowest BCUT2D eigenvalue weighted by molar-refractivity contribution is 0.0800. The number of carbonyl (C=O) groups is 1. The Hall–Kier alpha value is -1.61. The Labute approximate surface area is 128 Å². The van der Waals surface area contributed by atoms with Gasteiger partial charge in [0.05, 0.1) is 0 Å². The van der Waals surface area contributed by atoms with E-state index in [2.05, 4.69) is 30.9 Å². The normalized spacial score (nSPS) is 14.1. The van der Waals surface area contributed by atoms with Crippen LogP contribution >= 0.6 is 0 Å². The smallest absolute Gasteiger partial charge is 0.254 e. The predicted octanol–water partition coefficient (Wildman–Crippen LogP) is 3.32. The van der Waals surface area contributed by atoms with Crippen LogP contribution in [-0.2, 0) is 6.54 Å². The molecule has 0 N–H and O–H groups in total. The number of benzene rings is 1. The average Bonchev–Trinajstić information content (AvgIpc) is 3.02. The Morgan fingerprint density at radius 1 is 1.05 bits per heavy atom. The zero-order valence-corrected chi connectivity index (χ0v) is 13.2. The molecule has 0 saturated heterocycles. The van der Waals surface area contributed by atoms with Crippen molar-refractivity contribution in [2.45, 2.75) is 33.2 Å². The van der Waals surface area contributed by atoms with Crippen molar-refractivity contribution in [3.05, 3.63) is 47.5 Å². The molecule has 1 aliphatic heterocycles. The second-order valence-electron chi connectivity index (χ2n) is 5.65. The molecule has 1 heterocycles. The van der Waals surface area contributed by atoms with Crippen molar-refractivity contribution in [1.82, 2.24) is 9.80 Å². The summed E-state index contributed by atoms with van der Waals surface area (Å²) in [6, 6.07) is 8.11. The number of carbonyl (C=O) groups excluding carboxylic acids is 1. The number of amides is 1. The Bertz CT molecular complexity index is 464. The van der Waals surface area contributed by atoms with Gasteiger partial charge in [-0.3, -0.25) is 9.69 Å². The van der Waals surface area contributed by atoms with Crippen LogP contribution in [0.4, 0.5) is 0 Å². The van der Waals surface area contributed by atoms with Gasteiger partial charge in [-0.05, 0) is 43.6 Å². The van der Waals surface area contributed by atoms with Crippen molar-refractivity contribution in [2.24, 2.45) is 0 Å². The molecule has 2 rings (SSSR count). The summed E-state index contributed by atoms with van der Waals surface area (Å²) in [5.74, 6) is 0.130. The first-order valence-electron chi connectivity index (χ1n) is 8.00. The van der Waals surface area contributed by atoms with Crippen molar-refractivity contribution in [3.63, 3.8) is 0 Å². The highest BCUT2D eigenvalue weighted by Crippen LogP contribution is 2.12. The molecule has 3 nitrogen and oxygen atoms in total. The van der Waals surface area contributed by atoms with Gasteiger partial charge < -0.3 is 4.90 Å². The minimum absolute atomic E-state index is 0.130. The van der Waals surface area contributed by atoms with Gasteiger partial charge in [0, 0.05) is 25.2 Å². The summed E-state index contributed by atoms with van der Waals surface area (Å²) < 4.78 is 0. The van der Waals surface area contributed by atoms with Gasteiger partial charge in [0.25, 0.3) is 5.91 Å². The van der Waals surface area contributed by atoms with Crippen LogP contribution in [0, 0.1) is 0 Å². The van der Waals surface area contributed by atoms with Gasteiger partial charge >= 0.3 is 0 Å². The molecular formula is C18H26N2O.